The Balaban J connectivity index is 0.000000290. The summed E-state index contributed by atoms with van der Waals surface area (Å²) < 4.78 is 5.35. The minimum Gasteiger partial charge on any atom is -0.497 e. The maximum absolute atomic E-state index is 11.2. The van der Waals surface area contributed by atoms with E-state index < -0.39 is 6.10 Å². The van der Waals surface area contributed by atoms with Crippen molar-refractivity contribution in [2.45, 2.75) is 31.1 Å². The van der Waals surface area contributed by atoms with E-state index in [9.17, 15) is 5.11 Å². The third kappa shape index (κ3) is 5.84. The van der Waals surface area contributed by atoms with Gasteiger partial charge in [-0.15, -0.1) is 32.8 Å². The first-order chi connectivity index (χ1) is 15.6. The fourth-order valence-electron chi connectivity index (χ4n) is 5.06. The maximum atomic E-state index is 11.2. The molecule has 0 radical (unpaired) electrons. The van der Waals surface area contributed by atoms with Crippen molar-refractivity contribution in [3.05, 3.63) is 84.6 Å². The lowest BCUT2D eigenvalue weighted by Gasteiger charge is -2.50. The predicted molar refractivity (Wildman–Crippen MR) is 145 cm³/mol. The fraction of sp³-hybridized carbons (Fsp3) is 0.370. The summed E-state index contributed by atoms with van der Waals surface area (Å²) in [5.74, 6) is 2.01. The number of halogens is 1. The summed E-state index contributed by atoms with van der Waals surface area (Å²) in [5.41, 5.74) is 3.22. The van der Waals surface area contributed by atoms with Crippen LogP contribution in [0, 0.1) is 11.8 Å². The highest BCUT2D eigenvalue weighted by atomic mass is 79.9. The molecule has 4 nitrogen and oxygen atoms in total. The summed E-state index contributed by atoms with van der Waals surface area (Å²) >= 11 is 0. The van der Waals surface area contributed by atoms with Gasteiger partial charge in [-0.2, -0.15) is 0 Å². The van der Waals surface area contributed by atoms with Crippen LogP contribution in [0.4, 0.5) is 0 Å². The first-order valence-corrected chi connectivity index (χ1v) is 12.2. The Morgan fingerprint density at radius 2 is 2.03 bits per heavy atom. The van der Waals surface area contributed by atoms with E-state index in [1.54, 1.807) is 13.3 Å². The van der Waals surface area contributed by atoms with Gasteiger partial charge in [0.2, 0.25) is 0 Å². The number of benzene rings is 2. The highest BCUT2D eigenvalue weighted by Gasteiger charge is 2.42. The number of ether oxygens (including phenoxy) is 1. The molecule has 1 aromatic heterocycles. The largest absolute Gasteiger partial charge is 0.497 e. The molecule has 3 aromatic rings. The molecule has 0 saturated carbocycles. The summed E-state index contributed by atoms with van der Waals surface area (Å²) in [5, 5.41) is 12.1. The Bertz CT molecular complexity index is 1050. The van der Waals surface area contributed by atoms with E-state index in [1.807, 2.05) is 30.3 Å². The number of methoxy groups -OCH3 is 1. The van der Waals surface area contributed by atoms with Gasteiger partial charge < -0.3 is 9.84 Å². The SMILES string of the molecule is Br.C=C[C@@H]1CN2CCC1C[C@@H]2C(O)c1ccnc2ccc(OC)cc12.PCc1ccccc1. The standard InChI is InChI=1S/C20H24N2O2.C7H9P.BrH/c1-3-13-12-22-9-7-14(13)10-19(22)20(23)16-6-8-21-18-5-4-15(24-2)11-17(16)18;8-6-7-4-2-1-3-5-7;/h3-6,8,11,13-14,19-20,23H,1,7,9-10,12H2,2H3;1-5H,6,8H2;1H/t13-,14?,19-,20?;;/m1../s1. The van der Waals surface area contributed by atoms with Crippen LogP contribution in [-0.2, 0) is 6.16 Å². The molecule has 6 heteroatoms. The molecule has 6 rings (SSSR count). The summed E-state index contributed by atoms with van der Waals surface area (Å²) in [6, 6.07) is 18.3. The molecule has 2 aromatic carbocycles. The first kappa shape index (κ1) is 25.8. The average molecular weight is 529 g/mol. The Kier molecular flexibility index (Phi) is 9.46. The number of pyridine rings is 1. The van der Waals surface area contributed by atoms with E-state index in [-0.39, 0.29) is 23.0 Å². The number of hydrogen-bond acceptors (Lipinski definition) is 4. The topological polar surface area (TPSA) is 45.6 Å². The molecule has 3 aliphatic rings. The summed E-state index contributed by atoms with van der Waals surface area (Å²) in [6.45, 7) is 6.07. The van der Waals surface area contributed by atoms with Gasteiger partial charge in [0.1, 0.15) is 5.75 Å². The number of piperidine rings is 3. The van der Waals surface area contributed by atoms with Gasteiger partial charge in [-0.3, -0.25) is 9.88 Å². The second-order valence-electron chi connectivity index (χ2n) is 8.66. The molecule has 1 N–H and O–H groups in total. The van der Waals surface area contributed by atoms with Crippen molar-refractivity contribution >= 4 is 37.1 Å². The van der Waals surface area contributed by atoms with Crippen LogP contribution in [0.1, 0.15) is 30.1 Å². The number of rotatable bonds is 5. The second kappa shape index (κ2) is 12.1. The smallest absolute Gasteiger partial charge is 0.119 e. The van der Waals surface area contributed by atoms with Crippen LogP contribution in [0.5, 0.6) is 5.75 Å². The minimum atomic E-state index is -0.504. The highest BCUT2D eigenvalue weighted by molar-refractivity contribution is 8.93. The molecular weight excluding hydrogens is 495 g/mol. The maximum Gasteiger partial charge on any atom is 0.119 e. The number of hydrogen-bond donors (Lipinski definition) is 1. The molecule has 0 amide bonds. The fourth-order valence-corrected chi connectivity index (χ4v) is 5.33. The zero-order valence-corrected chi connectivity index (χ0v) is 22.0. The summed E-state index contributed by atoms with van der Waals surface area (Å²) in [4.78, 5) is 6.86. The van der Waals surface area contributed by atoms with E-state index in [2.05, 4.69) is 56.0 Å². The Labute approximate surface area is 210 Å². The molecule has 176 valence electrons. The zero-order valence-electron chi connectivity index (χ0n) is 19.1. The van der Waals surface area contributed by atoms with E-state index in [0.717, 1.165) is 47.9 Å². The lowest BCUT2D eigenvalue weighted by atomic mass is 9.73. The normalized spacial score (nSPS) is 24.2. The van der Waals surface area contributed by atoms with Crippen LogP contribution in [0.3, 0.4) is 0 Å². The molecule has 4 heterocycles. The Hall–Kier alpha value is -1.78. The Morgan fingerprint density at radius 1 is 1.24 bits per heavy atom. The van der Waals surface area contributed by atoms with Crippen LogP contribution in [-0.4, -0.2) is 41.2 Å². The van der Waals surface area contributed by atoms with Crippen LogP contribution in [0.15, 0.2) is 73.4 Å². The van der Waals surface area contributed by atoms with Crippen LogP contribution in [0.2, 0.25) is 0 Å². The van der Waals surface area contributed by atoms with Crippen LogP contribution >= 0.6 is 26.2 Å². The molecule has 3 aliphatic heterocycles. The highest BCUT2D eigenvalue weighted by Crippen LogP contribution is 2.42. The van der Waals surface area contributed by atoms with Crippen molar-refractivity contribution in [3.63, 3.8) is 0 Å². The second-order valence-corrected chi connectivity index (χ2v) is 9.07. The van der Waals surface area contributed by atoms with Gasteiger partial charge in [-0.05, 0) is 72.8 Å². The van der Waals surface area contributed by atoms with Crippen molar-refractivity contribution in [1.29, 1.82) is 0 Å². The number of nitrogens with zero attached hydrogens (tertiary/aromatic N) is 2. The molecule has 0 spiro atoms. The molecule has 3 saturated heterocycles. The molecule has 33 heavy (non-hydrogen) atoms. The molecule has 4 unspecified atom stereocenters. The zero-order chi connectivity index (χ0) is 22.5. The number of aliphatic hydroxyl groups is 1. The van der Waals surface area contributed by atoms with Crippen molar-refractivity contribution in [2.75, 3.05) is 20.2 Å². The van der Waals surface area contributed by atoms with Crippen molar-refractivity contribution in [1.82, 2.24) is 9.88 Å². The van der Waals surface area contributed by atoms with E-state index in [4.69, 9.17) is 4.74 Å². The summed E-state index contributed by atoms with van der Waals surface area (Å²) in [7, 11) is 4.35. The van der Waals surface area contributed by atoms with Crippen LogP contribution < -0.4 is 4.74 Å². The molecule has 0 aliphatic carbocycles. The van der Waals surface area contributed by atoms with E-state index in [1.165, 1.54) is 12.0 Å². The lowest BCUT2D eigenvalue weighted by molar-refractivity contribution is -0.0444. The van der Waals surface area contributed by atoms with Gasteiger partial charge in [0.25, 0.3) is 0 Å². The van der Waals surface area contributed by atoms with Gasteiger partial charge in [0.15, 0.2) is 0 Å². The van der Waals surface area contributed by atoms with E-state index in [0.29, 0.717) is 11.8 Å². The molecular formula is C27H34BrN2O2P. The first-order valence-electron chi connectivity index (χ1n) is 11.4. The van der Waals surface area contributed by atoms with Crippen LogP contribution in [0.25, 0.3) is 10.9 Å². The van der Waals surface area contributed by atoms with Gasteiger partial charge >= 0.3 is 0 Å². The lowest BCUT2D eigenvalue weighted by Crippen LogP contribution is -2.54. The minimum absolute atomic E-state index is 0. The number of aromatic nitrogens is 1. The van der Waals surface area contributed by atoms with Crippen molar-refractivity contribution in [2.24, 2.45) is 11.8 Å². The molecule has 2 bridgehead atoms. The third-order valence-electron chi connectivity index (χ3n) is 6.90. The van der Waals surface area contributed by atoms with Gasteiger partial charge in [0, 0.05) is 24.2 Å². The molecule has 3 fully saturated rings. The Morgan fingerprint density at radius 3 is 2.64 bits per heavy atom. The average Bonchev–Trinajstić information content (AvgIpc) is 2.88. The predicted octanol–water partition coefficient (Wildman–Crippen LogP) is 5.81. The third-order valence-corrected chi connectivity index (χ3v) is 7.37. The van der Waals surface area contributed by atoms with Crippen molar-refractivity contribution in [3.8, 4) is 5.75 Å². The summed E-state index contributed by atoms with van der Waals surface area (Å²) in [6.07, 6.45) is 6.68. The van der Waals surface area contributed by atoms with Gasteiger partial charge in [-0.1, -0.05) is 36.4 Å². The molecule has 6 atom stereocenters. The monoisotopic (exact) mass is 528 g/mol. The van der Waals surface area contributed by atoms with Gasteiger partial charge in [0.05, 0.1) is 18.7 Å². The van der Waals surface area contributed by atoms with E-state index >= 15 is 0 Å². The van der Waals surface area contributed by atoms with Gasteiger partial charge in [-0.25, -0.2) is 0 Å². The quantitative estimate of drug-likeness (QED) is 0.335. The number of aliphatic hydroxyl groups excluding tert-OH is 1. The van der Waals surface area contributed by atoms with Crippen molar-refractivity contribution < 1.29 is 9.84 Å². The number of fused-ring (bicyclic) bond motifs is 4.